The number of hydrogen-bond donors (Lipinski definition) is 1. The minimum Gasteiger partial charge on any atom is -0.370 e. The minimum absolute atomic E-state index is 0.151. The predicted molar refractivity (Wildman–Crippen MR) is 62.5 cm³/mol. The molecule has 3 heteroatoms. The molecule has 88 valence electrons. The average molecular weight is 212 g/mol. The van der Waals surface area contributed by atoms with Gasteiger partial charge in [-0.05, 0) is 32.4 Å². The van der Waals surface area contributed by atoms with Gasteiger partial charge in [-0.25, -0.2) is 0 Å². The molecule has 15 heavy (non-hydrogen) atoms. The fourth-order valence-electron chi connectivity index (χ4n) is 2.38. The SMILES string of the molecule is CCCCCN1CCCCC1CC(N)=O. The smallest absolute Gasteiger partial charge is 0.218 e. The van der Waals surface area contributed by atoms with Gasteiger partial charge in [0.05, 0.1) is 0 Å². The summed E-state index contributed by atoms with van der Waals surface area (Å²) in [6, 6.07) is 0.424. The fraction of sp³-hybridized carbons (Fsp3) is 0.917. The van der Waals surface area contributed by atoms with Gasteiger partial charge in [0.1, 0.15) is 0 Å². The third-order valence-electron chi connectivity index (χ3n) is 3.23. The number of nitrogens with zero attached hydrogens (tertiary/aromatic N) is 1. The highest BCUT2D eigenvalue weighted by Crippen LogP contribution is 2.19. The molecule has 0 spiro atoms. The van der Waals surface area contributed by atoms with E-state index >= 15 is 0 Å². The molecule has 0 aromatic heterocycles. The van der Waals surface area contributed by atoms with Gasteiger partial charge in [0, 0.05) is 12.5 Å². The van der Waals surface area contributed by atoms with Crippen LogP contribution in [-0.2, 0) is 4.79 Å². The van der Waals surface area contributed by atoms with Crippen LogP contribution in [0.1, 0.15) is 51.9 Å². The molecule has 0 aromatic rings. The van der Waals surface area contributed by atoms with Crippen molar-refractivity contribution in [1.82, 2.24) is 4.90 Å². The lowest BCUT2D eigenvalue weighted by molar-refractivity contribution is -0.119. The molecule has 1 heterocycles. The summed E-state index contributed by atoms with van der Waals surface area (Å²) in [7, 11) is 0. The molecule has 0 radical (unpaired) electrons. The van der Waals surface area contributed by atoms with Crippen LogP contribution in [0.5, 0.6) is 0 Å². The number of likely N-dealkylation sites (tertiary alicyclic amines) is 1. The van der Waals surface area contributed by atoms with Gasteiger partial charge in [0.25, 0.3) is 0 Å². The number of unbranched alkanes of at least 4 members (excludes halogenated alkanes) is 2. The van der Waals surface area contributed by atoms with Crippen LogP contribution in [0.2, 0.25) is 0 Å². The van der Waals surface area contributed by atoms with Crippen molar-refractivity contribution in [2.75, 3.05) is 13.1 Å². The van der Waals surface area contributed by atoms with Crippen molar-refractivity contribution in [2.24, 2.45) is 5.73 Å². The second-order valence-corrected chi connectivity index (χ2v) is 4.56. The molecular formula is C12H24N2O. The largest absolute Gasteiger partial charge is 0.370 e. The Labute approximate surface area is 93.0 Å². The van der Waals surface area contributed by atoms with E-state index in [2.05, 4.69) is 11.8 Å². The lowest BCUT2D eigenvalue weighted by Crippen LogP contribution is -2.42. The standard InChI is InChI=1S/C12H24N2O/c1-2-3-5-8-14-9-6-4-7-11(14)10-12(13)15/h11H,2-10H2,1H3,(H2,13,15). The minimum atomic E-state index is -0.151. The maximum atomic E-state index is 10.9. The van der Waals surface area contributed by atoms with Crippen LogP contribution in [0, 0.1) is 0 Å². The summed E-state index contributed by atoms with van der Waals surface area (Å²) < 4.78 is 0. The fourth-order valence-corrected chi connectivity index (χ4v) is 2.38. The van der Waals surface area contributed by atoms with E-state index < -0.39 is 0 Å². The molecule has 1 aliphatic heterocycles. The molecule has 1 fully saturated rings. The first-order valence-corrected chi connectivity index (χ1v) is 6.26. The van der Waals surface area contributed by atoms with Gasteiger partial charge in [-0.1, -0.05) is 26.2 Å². The summed E-state index contributed by atoms with van der Waals surface area (Å²) in [4.78, 5) is 13.4. The van der Waals surface area contributed by atoms with Gasteiger partial charge >= 0.3 is 0 Å². The molecule has 2 N–H and O–H groups in total. The Hall–Kier alpha value is -0.570. The van der Waals surface area contributed by atoms with Crippen molar-refractivity contribution in [3.05, 3.63) is 0 Å². The average Bonchev–Trinajstić information content (AvgIpc) is 2.20. The van der Waals surface area contributed by atoms with Crippen molar-refractivity contribution >= 4 is 5.91 Å². The summed E-state index contributed by atoms with van der Waals surface area (Å²) in [6.45, 7) is 4.52. The zero-order valence-electron chi connectivity index (χ0n) is 9.87. The van der Waals surface area contributed by atoms with Crippen LogP contribution in [0.15, 0.2) is 0 Å². The topological polar surface area (TPSA) is 46.3 Å². The van der Waals surface area contributed by atoms with E-state index in [1.165, 1.54) is 32.1 Å². The van der Waals surface area contributed by atoms with Gasteiger partial charge < -0.3 is 5.73 Å². The molecule has 0 saturated carbocycles. The number of hydrogen-bond acceptors (Lipinski definition) is 2. The molecule has 0 bridgehead atoms. The zero-order valence-corrected chi connectivity index (χ0v) is 9.87. The normalized spacial score (nSPS) is 22.9. The molecule has 0 aliphatic carbocycles. The molecule has 1 amide bonds. The summed E-state index contributed by atoms with van der Waals surface area (Å²) in [6.07, 6.45) is 8.03. The first kappa shape index (κ1) is 12.5. The molecule has 3 nitrogen and oxygen atoms in total. The predicted octanol–water partition coefficient (Wildman–Crippen LogP) is 1.91. The maximum absolute atomic E-state index is 10.9. The Morgan fingerprint density at radius 2 is 2.20 bits per heavy atom. The lowest BCUT2D eigenvalue weighted by atomic mass is 9.98. The van der Waals surface area contributed by atoms with Crippen LogP contribution >= 0.6 is 0 Å². The van der Waals surface area contributed by atoms with Gasteiger partial charge in [-0.15, -0.1) is 0 Å². The van der Waals surface area contributed by atoms with Crippen LogP contribution in [0.3, 0.4) is 0 Å². The van der Waals surface area contributed by atoms with Crippen LogP contribution in [0.4, 0.5) is 0 Å². The molecule has 1 rings (SSSR count). The quantitative estimate of drug-likeness (QED) is 0.684. The van der Waals surface area contributed by atoms with Crippen molar-refractivity contribution in [3.63, 3.8) is 0 Å². The van der Waals surface area contributed by atoms with Gasteiger partial charge in [-0.3, -0.25) is 9.69 Å². The van der Waals surface area contributed by atoms with Crippen molar-refractivity contribution in [3.8, 4) is 0 Å². The Morgan fingerprint density at radius 3 is 2.87 bits per heavy atom. The molecular weight excluding hydrogens is 188 g/mol. The van der Waals surface area contributed by atoms with Crippen molar-refractivity contribution in [2.45, 2.75) is 57.9 Å². The molecule has 1 aliphatic rings. The monoisotopic (exact) mass is 212 g/mol. The Balaban J connectivity index is 2.32. The number of nitrogens with two attached hydrogens (primary N) is 1. The highest BCUT2D eigenvalue weighted by Gasteiger charge is 2.22. The number of amides is 1. The number of carbonyl (C=O) groups is 1. The lowest BCUT2D eigenvalue weighted by Gasteiger charge is -2.35. The summed E-state index contributed by atoms with van der Waals surface area (Å²) >= 11 is 0. The summed E-state index contributed by atoms with van der Waals surface area (Å²) in [5.74, 6) is -0.151. The Kier molecular flexibility index (Phi) is 5.69. The third-order valence-corrected chi connectivity index (χ3v) is 3.23. The van der Waals surface area contributed by atoms with Gasteiger partial charge in [-0.2, -0.15) is 0 Å². The van der Waals surface area contributed by atoms with E-state index in [1.54, 1.807) is 0 Å². The summed E-state index contributed by atoms with van der Waals surface area (Å²) in [5, 5.41) is 0. The second kappa shape index (κ2) is 6.83. The maximum Gasteiger partial charge on any atom is 0.218 e. The molecule has 0 aromatic carbocycles. The third kappa shape index (κ3) is 4.65. The first-order valence-electron chi connectivity index (χ1n) is 6.26. The van der Waals surface area contributed by atoms with Crippen LogP contribution in [0.25, 0.3) is 0 Å². The first-order chi connectivity index (χ1) is 7.24. The van der Waals surface area contributed by atoms with Gasteiger partial charge in [0.15, 0.2) is 0 Å². The van der Waals surface area contributed by atoms with E-state index in [1.807, 2.05) is 0 Å². The molecule has 1 saturated heterocycles. The Bertz CT molecular complexity index is 194. The van der Waals surface area contributed by atoms with E-state index in [9.17, 15) is 4.79 Å². The van der Waals surface area contributed by atoms with Gasteiger partial charge in [0.2, 0.25) is 5.91 Å². The zero-order chi connectivity index (χ0) is 11.1. The van der Waals surface area contributed by atoms with E-state index in [0.29, 0.717) is 12.5 Å². The highest BCUT2D eigenvalue weighted by atomic mass is 16.1. The number of rotatable bonds is 6. The molecule has 1 unspecified atom stereocenters. The number of primary amides is 1. The molecule has 1 atom stereocenters. The van der Waals surface area contributed by atoms with E-state index in [0.717, 1.165) is 19.5 Å². The van der Waals surface area contributed by atoms with Crippen molar-refractivity contribution < 1.29 is 4.79 Å². The summed E-state index contributed by atoms with van der Waals surface area (Å²) in [5.41, 5.74) is 5.27. The van der Waals surface area contributed by atoms with E-state index in [-0.39, 0.29) is 5.91 Å². The Morgan fingerprint density at radius 1 is 1.40 bits per heavy atom. The van der Waals surface area contributed by atoms with E-state index in [4.69, 9.17) is 5.73 Å². The number of carbonyl (C=O) groups excluding carboxylic acids is 1. The number of piperidine rings is 1. The van der Waals surface area contributed by atoms with Crippen LogP contribution in [-0.4, -0.2) is 29.9 Å². The highest BCUT2D eigenvalue weighted by molar-refractivity contribution is 5.74. The second-order valence-electron chi connectivity index (χ2n) is 4.56. The van der Waals surface area contributed by atoms with Crippen LogP contribution < -0.4 is 5.73 Å². The van der Waals surface area contributed by atoms with Crippen molar-refractivity contribution in [1.29, 1.82) is 0 Å².